The number of nitrogens with zero attached hydrogens (tertiary/aromatic N) is 2. The van der Waals surface area contributed by atoms with E-state index in [4.69, 9.17) is 9.15 Å². The minimum absolute atomic E-state index is 0.0133. The average Bonchev–Trinajstić information content (AvgIpc) is 3.21. The number of nitrogens with one attached hydrogen (secondary N) is 2. The maximum atomic E-state index is 12.1. The van der Waals surface area contributed by atoms with Gasteiger partial charge in [0, 0.05) is 13.6 Å². The molecule has 2 N–H and O–H groups in total. The molecule has 1 aromatic carbocycles. The molecule has 3 rings (SSSR count). The van der Waals surface area contributed by atoms with Crippen molar-refractivity contribution in [2.24, 2.45) is 4.99 Å². The van der Waals surface area contributed by atoms with Crippen molar-refractivity contribution in [2.45, 2.75) is 26.5 Å². The van der Waals surface area contributed by atoms with Gasteiger partial charge in [0.2, 0.25) is 5.91 Å². The Morgan fingerprint density at radius 3 is 2.86 bits per heavy atom. The molecular weight excluding hydrogens is 356 g/mol. The lowest BCUT2D eigenvalue weighted by molar-refractivity contribution is -0.120. The number of benzene rings is 1. The zero-order valence-corrected chi connectivity index (χ0v) is 16.7. The summed E-state index contributed by atoms with van der Waals surface area (Å²) in [6.07, 6.45) is 1.58. The maximum Gasteiger partial charge on any atom is 0.239 e. The van der Waals surface area contributed by atoms with E-state index in [1.165, 1.54) is 16.7 Å². The molecule has 0 radical (unpaired) electrons. The maximum absolute atomic E-state index is 12.1. The second-order valence-corrected chi connectivity index (χ2v) is 6.92. The highest BCUT2D eigenvalue weighted by molar-refractivity contribution is 5.86. The molecule has 0 spiro atoms. The molecule has 0 aliphatic carbocycles. The van der Waals surface area contributed by atoms with Crippen LogP contribution >= 0.6 is 0 Å². The number of ether oxygens (including phenoxy) is 1. The van der Waals surface area contributed by atoms with Crippen LogP contribution in [0.15, 0.2) is 46.0 Å². The number of guanidine groups is 1. The smallest absolute Gasteiger partial charge is 0.239 e. The number of carbonyl (C=O) groups excluding carboxylic acids is 1. The third kappa shape index (κ3) is 5.13. The van der Waals surface area contributed by atoms with Crippen LogP contribution in [0.1, 0.15) is 28.6 Å². The summed E-state index contributed by atoms with van der Waals surface area (Å²) in [5.74, 6) is 1.31. The van der Waals surface area contributed by atoms with Crippen LogP contribution in [0.5, 0.6) is 0 Å². The quantitative estimate of drug-likeness (QED) is 0.610. The summed E-state index contributed by atoms with van der Waals surface area (Å²) in [4.78, 5) is 18.6. The summed E-state index contributed by atoms with van der Waals surface area (Å²) in [5.41, 5.74) is 3.67. The highest BCUT2D eigenvalue weighted by Gasteiger charge is 2.25. The Bertz CT molecular complexity index is 817. The summed E-state index contributed by atoms with van der Waals surface area (Å²) in [5, 5.41) is 5.96. The fraction of sp³-hybridized carbons (Fsp3) is 0.429. The van der Waals surface area contributed by atoms with Gasteiger partial charge in [-0.05, 0) is 37.1 Å². The number of aliphatic imine (C=N–C) groups is 1. The van der Waals surface area contributed by atoms with Crippen LogP contribution < -0.4 is 10.6 Å². The van der Waals surface area contributed by atoms with Crippen LogP contribution in [0.3, 0.4) is 0 Å². The van der Waals surface area contributed by atoms with E-state index in [-0.39, 0.29) is 18.6 Å². The highest BCUT2D eigenvalue weighted by atomic mass is 16.5. The Morgan fingerprint density at radius 1 is 1.29 bits per heavy atom. The molecule has 1 saturated heterocycles. The van der Waals surface area contributed by atoms with Crippen molar-refractivity contribution in [3.05, 3.63) is 59.0 Å². The molecule has 1 amide bonds. The summed E-state index contributed by atoms with van der Waals surface area (Å²) >= 11 is 0. The number of aryl methyl sites for hydroxylation is 2. The second-order valence-electron chi connectivity index (χ2n) is 6.92. The van der Waals surface area contributed by atoms with E-state index < -0.39 is 0 Å². The lowest BCUT2D eigenvalue weighted by Gasteiger charge is -2.35. The van der Waals surface area contributed by atoms with Gasteiger partial charge in [0.15, 0.2) is 5.96 Å². The first-order valence-electron chi connectivity index (χ1n) is 9.50. The molecule has 1 aliphatic heterocycles. The topological polar surface area (TPSA) is 79.1 Å². The van der Waals surface area contributed by atoms with Gasteiger partial charge in [0.1, 0.15) is 11.9 Å². The van der Waals surface area contributed by atoms with Crippen LogP contribution in [0.2, 0.25) is 0 Å². The summed E-state index contributed by atoms with van der Waals surface area (Å²) < 4.78 is 11.2. The molecule has 0 bridgehead atoms. The third-order valence-corrected chi connectivity index (χ3v) is 4.80. The van der Waals surface area contributed by atoms with E-state index in [1.54, 1.807) is 19.4 Å². The standard InChI is InChI=1S/C21H28N4O3/c1-15-6-7-18(16(2)11-15)19-14-25(8-10-28-19)21(22-3)24-13-20(26)23-12-17-5-4-9-27-17/h4-7,9,11,19H,8,10,12-14H2,1-3H3,(H,22,24)(H,23,26). The van der Waals surface area contributed by atoms with Crippen LogP contribution in [0.25, 0.3) is 0 Å². The number of amides is 1. The van der Waals surface area contributed by atoms with E-state index in [2.05, 4.69) is 52.6 Å². The van der Waals surface area contributed by atoms with Gasteiger partial charge < -0.3 is 24.7 Å². The highest BCUT2D eigenvalue weighted by Crippen LogP contribution is 2.25. The SMILES string of the molecule is CN=C(NCC(=O)NCc1ccco1)N1CCOC(c2ccc(C)cc2C)C1. The Kier molecular flexibility index (Phi) is 6.71. The first kappa shape index (κ1) is 19.9. The van der Waals surface area contributed by atoms with Gasteiger partial charge in [0.25, 0.3) is 0 Å². The van der Waals surface area contributed by atoms with Gasteiger partial charge in [0.05, 0.1) is 32.5 Å². The van der Waals surface area contributed by atoms with E-state index in [9.17, 15) is 4.79 Å². The van der Waals surface area contributed by atoms with Crippen LogP contribution in [0, 0.1) is 13.8 Å². The van der Waals surface area contributed by atoms with Gasteiger partial charge in [-0.1, -0.05) is 23.8 Å². The number of hydrogen-bond donors (Lipinski definition) is 2. The predicted octanol–water partition coefficient (Wildman–Crippen LogP) is 2.16. The Labute approximate surface area is 165 Å². The molecule has 1 aliphatic rings. The molecule has 2 heterocycles. The lowest BCUT2D eigenvalue weighted by Crippen LogP contribution is -2.50. The second kappa shape index (κ2) is 9.41. The lowest BCUT2D eigenvalue weighted by atomic mass is 10.00. The van der Waals surface area contributed by atoms with Gasteiger partial charge in [-0.2, -0.15) is 0 Å². The number of carbonyl (C=O) groups is 1. The van der Waals surface area contributed by atoms with Crippen LogP contribution in [-0.2, 0) is 16.1 Å². The average molecular weight is 384 g/mol. The van der Waals surface area contributed by atoms with Crippen molar-refractivity contribution in [2.75, 3.05) is 33.3 Å². The summed E-state index contributed by atoms with van der Waals surface area (Å²) in [6.45, 7) is 6.77. The minimum Gasteiger partial charge on any atom is -0.467 e. The van der Waals surface area contributed by atoms with Crippen molar-refractivity contribution in [1.82, 2.24) is 15.5 Å². The molecule has 1 unspecified atom stereocenters. The van der Waals surface area contributed by atoms with Crippen LogP contribution in [0.4, 0.5) is 0 Å². The first-order valence-corrected chi connectivity index (χ1v) is 9.50. The summed E-state index contributed by atoms with van der Waals surface area (Å²) in [7, 11) is 1.73. The van der Waals surface area contributed by atoms with Crippen molar-refractivity contribution in [3.63, 3.8) is 0 Å². The Morgan fingerprint density at radius 2 is 2.14 bits per heavy atom. The molecule has 28 heavy (non-hydrogen) atoms. The molecule has 2 aromatic rings. The first-order chi connectivity index (χ1) is 13.6. The molecular formula is C21H28N4O3. The van der Waals surface area contributed by atoms with E-state index >= 15 is 0 Å². The Hall–Kier alpha value is -2.80. The van der Waals surface area contributed by atoms with Gasteiger partial charge >= 0.3 is 0 Å². The molecule has 7 nitrogen and oxygen atoms in total. The normalized spacial score (nSPS) is 17.5. The monoisotopic (exact) mass is 384 g/mol. The van der Waals surface area contributed by atoms with E-state index in [0.29, 0.717) is 25.7 Å². The molecule has 150 valence electrons. The predicted molar refractivity (Wildman–Crippen MR) is 108 cm³/mol. The largest absolute Gasteiger partial charge is 0.467 e. The van der Waals surface area contributed by atoms with Crippen molar-refractivity contribution < 1.29 is 13.9 Å². The third-order valence-electron chi connectivity index (χ3n) is 4.80. The van der Waals surface area contributed by atoms with Gasteiger partial charge in [-0.25, -0.2) is 0 Å². The fourth-order valence-electron chi connectivity index (χ4n) is 3.37. The van der Waals surface area contributed by atoms with Gasteiger partial charge in [-0.15, -0.1) is 0 Å². The van der Waals surface area contributed by atoms with Crippen LogP contribution in [-0.4, -0.2) is 50.1 Å². The Balaban J connectivity index is 1.54. The van der Waals surface area contributed by atoms with E-state index in [0.717, 1.165) is 12.3 Å². The van der Waals surface area contributed by atoms with Crippen molar-refractivity contribution >= 4 is 11.9 Å². The molecule has 1 fully saturated rings. The number of hydrogen-bond acceptors (Lipinski definition) is 4. The zero-order valence-electron chi connectivity index (χ0n) is 16.7. The number of morpholine rings is 1. The fourth-order valence-corrected chi connectivity index (χ4v) is 3.37. The molecule has 0 saturated carbocycles. The number of furan rings is 1. The molecule has 1 atom stereocenters. The van der Waals surface area contributed by atoms with E-state index in [1.807, 2.05) is 6.07 Å². The van der Waals surface area contributed by atoms with Crippen molar-refractivity contribution in [1.29, 1.82) is 0 Å². The zero-order chi connectivity index (χ0) is 19.9. The van der Waals surface area contributed by atoms with Gasteiger partial charge in [-0.3, -0.25) is 9.79 Å². The summed E-state index contributed by atoms with van der Waals surface area (Å²) in [6, 6.07) is 10.0. The molecule has 1 aromatic heterocycles. The molecule has 7 heteroatoms. The van der Waals surface area contributed by atoms with Crippen molar-refractivity contribution in [3.8, 4) is 0 Å². The number of rotatable bonds is 5. The minimum atomic E-state index is -0.114.